The number of fused-ring (bicyclic) bond motifs is 3. The van der Waals surface area contributed by atoms with E-state index in [1.165, 1.54) is 16.3 Å². The summed E-state index contributed by atoms with van der Waals surface area (Å²) < 4.78 is 2.28. The van der Waals surface area contributed by atoms with Gasteiger partial charge in [0.1, 0.15) is 5.75 Å². The summed E-state index contributed by atoms with van der Waals surface area (Å²) in [6.07, 6.45) is 3.74. The van der Waals surface area contributed by atoms with E-state index < -0.39 is 5.97 Å². The number of carboxylic acid groups (broad SMARTS) is 1. The van der Waals surface area contributed by atoms with Gasteiger partial charge >= 0.3 is 0 Å². The van der Waals surface area contributed by atoms with Crippen LogP contribution in [0.5, 0.6) is 5.75 Å². The van der Waals surface area contributed by atoms with Gasteiger partial charge in [-0.25, -0.2) is 0 Å². The van der Waals surface area contributed by atoms with Crippen LogP contribution in [-0.2, 0) is 13.1 Å². The number of rotatable bonds is 6. The molecule has 0 fully saturated rings. The van der Waals surface area contributed by atoms with E-state index in [1.807, 2.05) is 30.6 Å². The lowest BCUT2D eigenvalue weighted by Crippen LogP contribution is -2.22. The fraction of sp³-hybridized carbons (Fsp3) is 0.107. The van der Waals surface area contributed by atoms with Crippen molar-refractivity contribution in [1.29, 1.82) is 5.41 Å². The highest BCUT2D eigenvalue weighted by Crippen LogP contribution is 2.27. The predicted octanol–water partition coefficient (Wildman–Crippen LogP) is 2.57. The van der Waals surface area contributed by atoms with Crippen molar-refractivity contribution in [2.24, 2.45) is 11.5 Å². The van der Waals surface area contributed by atoms with E-state index in [9.17, 15) is 9.90 Å². The van der Waals surface area contributed by atoms with Crippen LogP contribution in [0.15, 0.2) is 97.3 Å². The quantitative estimate of drug-likeness (QED) is 0.137. The van der Waals surface area contributed by atoms with Gasteiger partial charge in [-0.15, -0.1) is 0 Å². The van der Waals surface area contributed by atoms with Crippen molar-refractivity contribution >= 4 is 33.7 Å². The first-order chi connectivity index (χ1) is 17.9. The second-order valence-corrected chi connectivity index (χ2v) is 8.01. The Morgan fingerprint density at radius 1 is 0.919 bits per heavy atom. The number of carboxylic acids is 1. The summed E-state index contributed by atoms with van der Waals surface area (Å²) in [6.45, 7) is 2.31. The zero-order valence-corrected chi connectivity index (χ0v) is 20.2. The highest BCUT2D eigenvalue weighted by Gasteiger charge is 2.09. The molecule has 7 N–H and O–H groups in total. The van der Waals surface area contributed by atoms with Crippen molar-refractivity contribution in [3.05, 3.63) is 108 Å². The summed E-state index contributed by atoms with van der Waals surface area (Å²) in [6, 6.07) is 25.9. The molecular weight excluding hydrogens is 468 g/mol. The molecule has 2 heterocycles. The molecule has 0 radical (unpaired) electrons. The molecule has 0 saturated carbocycles. The summed E-state index contributed by atoms with van der Waals surface area (Å²) in [5.41, 5.74) is 12.5. The van der Waals surface area contributed by atoms with Gasteiger partial charge in [-0.1, -0.05) is 60.7 Å². The first-order valence-corrected chi connectivity index (χ1v) is 11.5. The molecule has 0 bridgehead atoms. The number of carbonyl (C=O) groups is 1. The molecule has 0 aliphatic heterocycles. The van der Waals surface area contributed by atoms with Crippen molar-refractivity contribution in [3.63, 3.8) is 0 Å². The largest absolute Gasteiger partial charge is 0.545 e. The summed E-state index contributed by atoms with van der Waals surface area (Å²) >= 11 is 0. The van der Waals surface area contributed by atoms with E-state index in [0.717, 1.165) is 24.2 Å². The van der Waals surface area contributed by atoms with Gasteiger partial charge in [-0.05, 0) is 35.4 Å². The van der Waals surface area contributed by atoms with E-state index in [4.69, 9.17) is 10.5 Å². The maximum Gasteiger partial charge on any atom is 0.183 e. The Hall–Kier alpha value is -4.89. The van der Waals surface area contributed by atoms with Crippen molar-refractivity contribution in [2.45, 2.75) is 13.1 Å². The SMILES string of the molecule is N=C(N)N.O=C([O-])c1ccc(CNCCn2c3ccccc3c3ccncc32)cc1.Oc1ccccc1. The maximum atomic E-state index is 10.8. The number of hydrogen-bond acceptors (Lipinski definition) is 6. The van der Waals surface area contributed by atoms with Crippen LogP contribution >= 0.6 is 0 Å². The number of pyridine rings is 1. The van der Waals surface area contributed by atoms with E-state index in [1.54, 1.807) is 36.4 Å². The number of phenols is 1. The minimum absolute atomic E-state index is 0.200. The minimum atomic E-state index is -1.15. The first kappa shape index (κ1) is 26.7. The molecular formula is C28H29N6O3-. The first-order valence-electron chi connectivity index (χ1n) is 11.5. The van der Waals surface area contributed by atoms with Crippen molar-refractivity contribution in [1.82, 2.24) is 14.9 Å². The van der Waals surface area contributed by atoms with E-state index in [0.29, 0.717) is 12.3 Å². The third kappa shape index (κ3) is 7.81. The molecule has 0 saturated heterocycles. The van der Waals surface area contributed by atoms with Crippen LogP contribution < -0.4 is 21.9 Å². The molecule has 9 heteroatoms. The average molecular weight is 498 g/mol. The lowest BCUT2D eigenvalue weighted by Gasteiger charge is -2.09. The Labute approximate surface area is 214 Å². The predicted molar refractivity (Wildman–Crippen MR) is 144 cm³/mol. The molecule has 3 aromatic carbocycles. The Morgan fingerprint density at radius 3 is 2.16 bits per heavy atom. The Kier molecular flexibility index (Phi) is 9.58. The van der Waals surface area contributed by atoms with Gasteiger partial charge in [0.05, 0.1) is 17.7 Å². The number of para-hydroxylation sites is 2. The third-order valence-corrected chi connectivity index (χ3v) is 5.36. The number of nitrogens with two attached hydrogens (primary N) is 2. The number of nitrogens with one attached hydrogen (secondary N) is 2. The van der Waals surface area contributed by atoms with Crippen LogP contribution in [0.2, 0.25) is 0 Å². The van der Waals surface area contributed by atoms with Gasteiger partial charge in [0.25, 0.3) is 0 Å². The lowest BCUT2D eigenvalue weighted by molar-refractivity contribution is -0.255. The molecule has 0 spiro atoms. The Bertz CT molecular complexity index is 1390. The van der Waals surface area contributed by atoms with E-state index in [-0.39, 0.29) is 11.5 Å². The summed E-state index contributed by atoms with van der Waals surface area (Å²) in [7, 11) is 0. The molecule has 5 rings (SSSR count). The van der Waals surface area contributed by atoms with Crippen LogP contribution in [0, 0.1) is 5.41 Å². The standard InChI is InChI=1S/C21H19N3O2.C6H6O.CH5N3/c25-21(26)16-7-5-15(6-8-16)13-23-11-12-24-19-4-2-1-3-17(19)18-9-10-22-14-20(18)24;7-6-4-2-1-3-5-6;2-1(3)4/h1-10,14,23H,11-13H2,(H,25,26);1-5,7H;(H5,2,3,4)/p-1. The van der Waals surface area contributed by atoms with Gasteiger partial charge < -0.3 is 36.4 Å². The normalized spacial score (nSPS) is 10.2. The number of hydrogen-bond donors (Lipinski definition) is 5. The molecule has 37 heavy (non-hydrogen) atoms. The molecule has 2 aromatic heterocycles. The molecule has 0 aliphatic rings. The maximum absolute atomic E-state index is 10.8. The molecule has 0 atom stereocenters. The zero-order chi connectivity index (χ0) is 26.6. The second-order valence-electron chi connectivity index (χ2n) is 8.01. The second kappa shape index (κ2) is 13.3. The Morgan fingerprint density at radius 2 is 1.54 bits per heavy atom. The van der Waals surface area contributed by atoms with Gasteiger partial charge in [0.2, 0.25) is 0 Å². The molecule has 190 valence electrons. The highest BCUT2D eigenvalue weighted by atomic mass is 16.4. The van der Waals surface area contributed by atoms with E-state index in [2.05, 4.69) is 56.7 Å². The van der Waals surface area contributed by atoms with Gasteiger partial charge in [-0.3, -0.25) is 10.4 Å². The number of aromatic hydroxyl groups is 1. The summed E-state index contributed by atoms with van der Waals surface area (Å²) in [4.78, 5) is 15.1. The Balaban J connectivity index is 0.000000289. The summed E-state index contributed by atoms with van der Waals surface area (Å²) in [5, 5.41) is 31.3. The topological polar surface area (TPSA) is 166 Å². The fourth-order valence-electron chi connectivity index (χ4n) is 3.75. The van der Waals surface area contributed by atoms with Crippen LogP contribution in [0.25, 0.3) is 21.8 Å². The van der Waals surface area contributed by atoms with Crippen molar-refractivity contribution in [3.8, 4) is 5.75 Å². The van der Waals surface area contributed by atoms with Crippen LogP contribution in [0.1, 0.15) is 15.9 Å². The monoisotopic (exact) mass is 497 g/mol. The van der Waals surface area contributed by atoms with Gasteiger partial charge in [0.15, 0.2) is 5.96 Å². The number of nitrogens with zero attached hydrogens (tertiary/aromatic N) is 2. The number of phenolic OH excluding ortho intramolecular Hbond substituents is 1. The molecule has 0 unspecified atom stereocenters. The van der Waals surface area contributed by atoms with Crippen molar-refractivity contribution < 1.29 is 15.0 Å². The fourth-order valence-corrected chi connectivity index (χ4v) is 3.75. The number of aromatic carboxylic acids is 1. The average Bonchev–Trinajstić information content (AvgIpc) is 3.21. The van der Waals surface area contributed by atoms with Crippen LogP contribution in [-0.4, -0.2) is 33.1 Å². The zero-order valence-electron chi connectivity index (χ0n) is 20.2. The smallest absolute Gasteiger partial charge is 0.183 e. The van der Waals surface area contributed by atoms with E-state index >= 15 is 0 Å². The molecule has 0 amide bonds. The molecule has 5 aromatic rings. The highest BCUT2D eigenvalue weighted by molar-refractivity contribution is 6.07. The van der Waals surface area contributed by atoms with Crippen molar-refractivity contribution in [2.75, 3.05) is 6.54 Å². The van der Waals surface area contributed by atoms with Crippen LogP contribution in [0.4, 0.5) is 0 Å². The summed E-state index contributed by atoms with van der Waals surface area (Å²) in [5.74, 6) is -1.16. The molecule has 9 nitrogen and oxygen atoms in total. The number of aromatic nitrogens is 2. The van der Waals surface area contributed by atoms with Gasteiger partial charge in [0, 0.05) is 42.1 Å². The number of benzene rings is 3. The third-order valence-electron chi connectivity index (χ3n) is 5.36. The minimum Gasteiger partial charge on any atom is -0.545 e. The van der Waals surface area contributed by atoms with Crippen LogP contribution in [0.3, 0.4) is 0 Å². The number of guanidine groups is 1. The number of carbonyl (C=O) groups excluding carboxylic acids is 1. The lowest BCUT2D eigenvalue weighted by atomic mass is 10.1. The molecule has 0 aliphatic carbocycles. The van der Waals surface area contributed by atoms with Gasteiger partial charge in [-0.2, -0.15) is 0 Å².